The Morgan fingerprint density at radius 2 is 2.11 bits per heavy atom. The zero-order chi connectivity index (χ0) is 12.8. The summed E-state index contributed by atoms with van der Waals surface area (Å²) in [6.07, 6.45) is 12.4. The van der Waals surface area contributed by atoms with Crippen LogP contribution in [-0.4, -0.2) is 16.5 Å². The number of nitrogens with one attached hydrogen (secondary N) is 1. The minimum atomic E-state index is 0.661. The fourth-order valence-electron chi connectivity index (χ4n) is 3.08. The quantitative estimate of drug-likeness (QED) is 0.812. The van der Waals surface area contributed by atoms with Gasteiger partial charge < -0.3 is 10.7 Å². The average molecular weight is 249 g/mol. The van der Waals surface area contributed by atoms with E-state index >= 15 is 0 Å². The van der Waals surface area contributed by atoms with Gasteiger partial charge in [0.1, 0.15) is 5.82 Å². The smallest absolute Gasteiger partial charge is 0.109 e. The second kappa shape index (κ2) is 6.93. The van der Waals surface area contributed by atoms with Gasteiger partial charge in [0.2, 0.25) is 0 Å². The van der Waals surface area contributed by atoms with Gasteiger partial charge in [0, 0.05) is 24.2 Å². The van der Waals surface area contributed by atoms with E-state index in [-0.39, 0.29) is 0 Å². The molecule has 1 heterocycles. The van der Waals surface area contributed by atoms with Crippen LogP contribution in [-0.2, 0) is 6.42 Å². The van der Waals surface area contributed by atoms with Crippen LogP contribution < -0.4 is 5.73 Å². The van der Waals surface area contributed by atoms with Crippen molar-refractivity contribution < 1.29 is 0 Å². The maximum absolute atomic E-state index is 5.57. The number of imidazole rings is 1. The molecule has 102 valence electrons. The zero-order valence-electron chi connectivity index (χ0n) is 11.6. The number of rotatable bonds is 6. The summed E-state index contributed by atoms with van der Waals surface area (Å²) in [5.74, 6) is 2.83. The zero-order valence-corrected chi connectivity index (χ0v) is 11.6. The number of unbranched alkanes of at least 4 members (excludes halogenated alkanes) is 1. The average Bonchev–Trinajstić information content (AvgIpc) is 2.86. The number of hydrogen-bond acceptors (Lipinski definition) is 2. The topological polar surface area (TPSA) is 54.7 Å². The molecular weight excluding hydrogens is 222 g/mol. The maximum atomic E-state index is 5.57. The number of H-pyrrole nitrogens is 1. The van der Waals surface area contributed by atoms with Gasteiger partial charge in [0.15, 0.2) is 0 Å². The van der Waals surface area contributed by atoms with Crippen molar-refractivity contribution in [3.63, 3.8) is 0 Å². The predicted molar refractivity (Wildman–Crippen MR) is 75.6 cm³/mol. The van der Waals surface area contributed by atoms with Crippen LogP contribution in [0.3, 0.4) is 0 Å². The molecule has 18 heavy (non-hydrogen) atoms. The summed E-state index contributed by atoms with van der Waals surface area (Å²) in [6.45, 7) is 2.98. The van der Waals surface area contributed by atoms with Gasteiger partial charge in [-0.2, -0.15) is 0 Å². The van der Waals surface area contributed by atoms with E-state index in [0.717, 1.165) is 12.3 Å². The molecule has 0 aromatic carbocycles. The van der Waals surface area contributed by atoms with Gasteiger partial charge in [-0.1, -0.05) is 26.2 Å². The van der Waals surface area contributed by atoms with E-state index in [1.165, 1.54) is 56.5 Å². The van der Waals surface area contributed by atoms with Crippen LogP contribution in [0.5, 0.6) is 0 Å². The minimum absolute atomic E-state index is 0.661. The maximum Gasteiger partial charge on any atom is 0.109 e. The van der Waals surface area contributed by atoms with E-state index in [2.05, 4.69) is 16.9 Å². The fraction of sp³-hybridized carbons (Fsp3) is 0.800. The van der Waals surface area contributed by atoms with Crippen molar-refractivity contribution in [3.8, 4) is 0 Å². The summed E-state index contributed by atoms with van der Waals surface area (Å²) in [5, 5.41) is 0. The van der Waals surface area contributed by atoms with Crippen LogP contribution in [0.15, 0.2) is 6.20 Å². The molecular formula is C15H27N3. The highest BCUT2D eigenvalue weighted by atomic mass is 14.9. The van der Waals surface area contributed by atoms with E-state index in [1.54, 1.807) is 0 Å². The first-order valence-corrected chi connectivity index (χ1v) is 7.57. The second-order valence-corrected chi connectivity index (χ2v) is 5.69. The standard InChI is InChI=1S/C15H27N3/c1-2-3-4-12-5-7-13(8-6-12)15-17-11-14(18-15)9-10-16/h11-13H,2-10,16H2,1H3,(H,17,18). The molecule has 1 aliphatic rings. The summed E-state index contributed by atoms with van der Waals surface area (Å²) in [7, 11) is 0. The first-order valence-electron chi connectivity index (χ1n) is 7.57. The molecule has 0 spiro atoms. The third kappa shape index (κ3) is 3.58. The van der Waals surface area contributed by atoms with Crippen molar-refractivity contribution in [1.82, 2.24) is 9.97 Å². The van der Waals surface area contributed by atoms with Crippen molar-refractivity contribution in [2.75, 3.05) is 6.54 Å². The van der Waals surface area contributed by atoms with Crippen molar-refractivity contribution in [2.24, 2.45) is 11.7 Å². The summed E-state index contributed by atoms with van der Waals surface area (Å²) in [5.41, 5.74) is 6.76. The molecule has 1 aliphatic carbocycles. The number of aromatic nitrogens is 2. The van der Waals surface area contributed by atoms with Gasteiger partial charge in [-0.05, 0) is 38.1 Å². The lowest BCUT2D eigenvalue weighted by atomic mass is 9.79. The molecule has 0 bridgehead atoms. The second-order valence-electron chi connectivity index (χ2n) is 5.69. The van der Waals surface area contributed by atoms with Crippen LogP contribution in [0.4, 0.5) is 0 Å². The summed E-state index contributed by atoms with van der Waals surface area (Å²) in [6, 6.07) is 0. The van der Waals surface area contributed by atoms with Crippen LogP contribution in [0, 0.1) is 5.92 Å². The first-order chi connectivity index (χ1) is 8.83. The van der Waals surface area contributed by atoms with E-state index in [0.29, 0.717) is 12.5 Å². The highest BCUT2D eigenvalue weighted by Gasteiger charge is 2.23. The lowest BCUT2D eigenvalue weighted by Crippen LogP contribution is -2.14. The molecule has 1 saturated carbocycles. The predicted octanol–water partition coefficient (Wildman–Crippen LogP) is 3.37. The van der Waals surface area contributed by atoms with Gasteiger partial charge in [-0.15, -0.1) is 0 Å². The molecule has 3 N–H and O–H groups in total. The molecule has 3 nitrogen and oxygen atoms in total. The molecule has 0 unspecified atom stereocenters. The molecule has 0 aliphatic heterocycles. The highest BCUT2D eigenvalue weighted by Crippen LogP contribution is 2.36. The molecule has 1 aromatic rings. The summed E-state index contributed by atoms with van der Waals surface area (Å²) >= 11 is 0. The normalized spacial score (nSPS) is 24.3. The van der Waals surface area contributed by atoms with Crippen LogP contribution in [0.25, 0.3) is 0 Å². The van der Waals surface area contributed by atoms with Crippen LogP contribution in [0.2, 0.25) is 0 Å². The van der Waals surface area contributed by atoms with Gasteiger partial charge >= 0.3 is 0 Å². The van der Waals surface area contributed by atoms with Crippen molar-refractivity contribution in [2.45, 2.75) is 64.2 Å². The molecule has 3 heteroatoms. The van der Waals surface area contributed by atoms with E-state index < -0.39 is 0 Å². The first kappa shape index (κ1) is 13.6. The molecule has 0 radical (unpaired) electrons. The Morgan fingerprint density at radius 1 is 1.33 bits per heavy atom. The van der Waals surface area contributed by atoms with Gasteiger partial charge in [-0.25, -0.2) is 4.98 Å². The Balaban J connectivity index is 1.81. The Hall–Kier alpha value is -0.830. The third-order valence-electron chi connectivity index (χ3n) is 4.26. The molecule has 2 rings (SSSR count). The molecule has 0 saturated heterocycles. The Morgan fingerprint density at radius 3 is 2.78 bits per heavy atom. The fourth-order valence-corrected chi connectivity index (χ4v) is 3.08. The molecule has 0 atom stereocenters. The Bertz CT molecular complexity index is 337. The van der Waals surface area contributed by atoms with Gasteiger partial charge in [-0.3, -0.25) is 0 Å². The molecule has 1 fully saturated rings. The minimum Gasteiger partial charge on any atom is -0.346 e. The van der Waals surface area contributed by atoms with E-state index in [4.69, 9.17) is 5.73 Å². The Kier molecular flexibility index (Phi) is 5.24. The third-order valence-corrected chi connectivity index (χ3v) is 4.26. The van der Waals surface area contributed by atoms with Gasteiger partial charge in [0.25, 0.3) is 0 Å². The number of hydrogen-bond donors (Lipinski definition) is 2. The van der Waals surface area contributed by atoms with Gasteiger partial charge in [0.05, 0.1) is 0 Å². The largest absolute Gasteiger partial charge is 0.346 e. The summed E-state index contributed by atoms with van der Waals surface area (Å²) in [4.78, 5) is 7.99. The lowest BCUT2D eigenvalue weighted by molar-refractivity contribution is 0.299. The molecule has 1 aromatic heterocycles. The SMILES string of the molecule is CCCCC1CCC(c2ncc(CCN)[nH]2)CC1. The van der Waals surface area contributed by atoms with Crippen LogP contribution in [0.1, 0.15) is 69.3 Å². The summed E-state index contributed by atoms with van der Waals surface area (Å²) < 4.78 is 0. The number of nitrogens with zero attached hydrogens (tertiary/aromatic N) is 1. The number of nitrogens with two attached hydrogens (primary N) is 1. The monoisotopic (exact) mass is 249 g/mol. The van der Waals surface area contributed by atoms with Crippen molar-refractivity contribution in [1.29, 1.82) is 0 Å². The van der Waals surface area contributed by atoms with E-state index in [1.807, 2.05) is 6.20 Å². The van der Waals surface area contributed by atoms with E-state index in [9.17, 15) is 0 Å². The Labute approximate surface area is 111 Å². The van der Waals surface area contributed by atoms with Crippen LogP contribution >= 0.6 is 0 Å². The lowest BCUT2D eigenvalue weighted by Gasteiger charge is -2.27. The van der Waals surface area contributed by atoms with Crippen molar-refractivity contribution in [3.05, 3.63) is 17.7 Å². The highest BCUT2D eigenvalue weighted by molar-refractivity contribution is 5.06. The number of aromatic amines is 1. The molecule has 0 amide bonds. The van der Waals surface area contributed by atoms with Crippen molar-refractivity contribution >= 4 is 0 Å².